The van der Waals surface area contributed by atoms with Crippen LogP contribution in [-0.4, -0.2) is 18.5 Å². The van der Waals surface area contributed by atoms with E-state index in [2.05, 4.69) is 0 Å². The molecule has 3 rings (SSSR count). The molecule has 0 amide bonds. The summed E-state index contributed by atoms with van der Waals surface area (Å²) in [6.45, 7) is 2.54. The van der Waals surface area contributed by atoms with Crippen molar-refractivity contribution in [3.05, 3.63) is 65.7 Å². The van der Waals surface area contributed by atoms with Gasteiger partial charge < -0.3 is 9.47 Å². The predicted molar refractivity (Wildman–Crippen MR) is 76.0 cm³/mol. The van der Waals surface area contributed by atoms with E-state index < -0.39 is 0 Å². The Labute approximate surface area is 118 Å². The highest BCUT2D eigenvalue weighted by atomic mass is 16.6. The van der Waals surface area contributed by atoms with E-state index >= 15 is 0 Å². The maximum absolute atomic E-state index is 12.3. The quantitative estimate of drug-likeness (QED) is 0.616. The van der Waals surface area contributed by atoms with Gasteiger partial charge >= 0.3 is 0 Å². The maximum atomic E-state index is 12.3. The lowest BCUT2D eigenvalue weighted by atomic mass is 10.0. The summed E-state index contributed by atoms with van der Waals surface area (Å²) in [5.74, 6) is 0.824. The first kappa shape index (κ1) is 12.9. The second-order valence-corrected chi connectivity index (χ2v) is 4.68. The molecular weight excluding hydrogens is 252 g/mol. The molecule has 102 valence electrons. The number of ketones is 1. The third-order valence-corrected chi connectivity index (χ3v) is 3.33. The molecule has 3 heteroatoms. The summed E-state index contributed by atoms with van der Waals surface area (Å²) < 4.78 is 11.2. The van der Waals surface area contributed by atoms with E-state index in [0.717, 1.165) is 11.3 Å². The maximum Gasteiger partial charge on any atom is 0.194 e. The average molecular weight is 268 g/mol. The number of carbonyl (C=O) groups excluding carboxylic acids is 1. The zero-order valence-corrected chi connectivity index (χ0v) is 11.3. The van der Waals surface area contributed by atoms with Gasteiger partial charge in [-0.1, -0.05) is 48.5 Å². The lowest BCUT2D eigenvalue weighted by Gasteiger charge is -2.07. The Bertz CT molecular complexity index is 607. The Morgan fingerprint density at radius 2 is 1.80 bits per heavy atom. The molecule has 1 aliphatic heterocycles. The smallest absolute Gasteiger partial charge is 0.194 e. The Balaban J connectivity index is 1.78. The first-order valence-corrected chi connectivity index (χ1v) is 6.77. The number of Topliss-reactive ketones (excluding diaryl/α,β-unsaturated/α-hetero) is 1. The molecule has 0 saturated carbocycles. The van der Waals surface area contributed by atoms with E-state index in [-0.39, 0.29) is 18.0 Å². The Kier molecular flexibility index (Phi) is 3.52. The monoisotopic (exact) mass is 268 g/mol. The van der Waals surface area contributed by atoms with Crippen LogP contribution in [0.3, 0.4) is 0 Å². The van der Waals surface area contributed by atoms with E-state index in [0.29, 0.717) is 12.2 Å². The van der Waals surface area contributed by atoms with Crippen molar-refractivity contribution in [2.75, 3.05) is 6.61 Å². The molecule has 20 heavy (non-hydrogen) atoms. The number of epoxide rings is 1. The first-order valence-electron chi connectivity index (χ1n) is 6.77. The first-order chi connectivity index (χ1) is 9.81. The molecule has 0 unspecified atom stereocenters. The van der Waals surface area contributed by atoms with Crippen LogP contribution in [-0.2, 0) is 4.74 Å². The number of rotatable bonds is 5. The van der Waals surface area contributed by atoms with E-state index in [4.69, 9.17) is 9.47 Å². The highest BCUT2D eigenvalue weighted by Crippen LogP contribution is 2.44. The fourth-order valence-corrected chi connectivity index (χ4v) is 2.32. The molecule has 1 fully saturated rings. The minimum atomic E-state index is -0.390. The molecule has 2 aromatic rings. The van der Waals surface area contributed by atoms with Crippen LogP contribution < -0.4 is 4.74 Å². The van der Waals surface area contributed by atoms with Crippen LogP contribution in [0.25, 0.3) is 0 Å². The number of benzene rings is 2. The Morgan fingerprint density at radius 1 is 1.10 bits per heavy atom. The molecule has 0 aromatic heterocycles. The van der Waals surface area contributed by atoms with Gasteiger partial charge in [-0.15, -0.1) is 0 Å². The molecule has 3 nitrogen and oxygen atoms in total. The normalized spacial score (nSPS) is 20.4. The van der Waals surface area contributed by atoms with Gasteiger partial charge in [0, 0.05) is 11.1 Å². The van der Waals surface area contributed by atoms with Crippen molar-refractivity contribution in [1.82, 2.24) is 0 Å². The topological polar surface area (TPSA) is 38.8 Å². The van der Waals surface area contributed by atoms with Crippen molar-refractivity contribution < 1.29 is 14.3 Å². The van der Waals surface area contributed by atoms with Crippen molar-refractivity contribution >= 4 is 5.78 Å². The van der Waals surface area contributed by atoms with Crippen molar-refractivity contribution in [2.24, 2.45) is 0 Å². The molecule has 0 bridgehead atoms. The van der Waals surface area contributed by atoms with Gasteiger partial charge in [0.05, 0.1) is 6.61 Å². The van der Waals surface area contributed by atoms with Gasteiger partial charge in [-0.25, -0.2) is 0 Å². The minimum absolute atomic E-state index is 0.0295. The summed E-state index contributed by atoms with van der Waals surface area (Å²) in [5, 5.41) is 0. The van der Waals surface area contributed by atoms with Gasteiger partial charge in [0.15, 0.2) is 11.9 Å². The van der Waals surface area contributed by atoms with E-state index in [9.17, 15) is 4.79 Å². The van der Waals surface area contributed by atoms with Gasteiger partial charge in [0.2, 0.25) is 0 Å². The molecule has 0 radical (unpaired) electrons. The SMILES string of the molecule is CCOc1ccccc1[C@H]1O[C@@H]1C(=O)c1ccccc1. The second kappa shape index (κ2) is 5.47. The zero-order chi connectivity index (χ0) is 13.9. The highest BCUT2D eigenvalue weighted by Gasteiger charge is 2.47. The number of para-hydroxylation sites is 1. The number of hydrogen-bond donors (Lipinski definition) is 0. The third-order valence-electron chi connectivity index (χ3n) is 3.33. The van der Waals surface area contributed by atoms with Gasteiger partial charge in [0.1, 0.15) is 11.9 Å². The fourth-order valence-electron chi connectivity index (χ4n) is 2.32. The lowest BCUT2D eigenvalue weighted by Crippen LogP contribution is -2.08. The Hall–Kier alpha value is -2.13. The zero-order valence-electron chi connectivity index (χ0n) is 11.3. The van der Waals surface area contributed by atoms with Crippen LogP contribution in [0.5, 0.6) is 5.75 Å². The van der Waals surface area contributed by atoms with Gasteiger partial charge in [-0.05, 0) is 13.0 Å². The van der Waals surface area contributed by atoms with Crippen LogP contribution >= 0.6 is 0 Å². The van der Waals surface area contributed by atoms with Crippen molar-refractivity contribution in [1.29, 1.82) is 0 Å². The van der Waals surface area contributed by atoms with Crippen LogP contribution in [0.1, 0.15) is 28.9 Å². The summed E-state index contributed by atoms with van der Waals surface area (Å²) in [4.78, 5) is 12.3. The number of carbonyl (C=O) groups is 1. The summed E-state index contributed by atoms with van der Waals surface area (Å²) in [6.07, 6.45) is -0.579. The highest BCUT2D eigenvalue weighted by molar-refractivity contribution is 6.01. The van der Waals surface area contributed by atoms with E-state index in [1.54, 1.807) is 0 Å². The summed E-state index contributed by atoms with van der Waals surface area (Å²) in [7, 11) is 0. The predicted octanol–water partition coefficient (Wildman–Crippen LogP) is 3.41. The molecule has 0 aliphatic carbocycles. The van der Waals surface area contributed by atoms with Crippen molar-refractivity contribution in [2.45, 2.75) is 19.1 Å². The largest absolute Gasteiger partial charge is 0.493 e. The van der Waals surface area contributed by atoms with Crippen LogP contribution in [0, 0.1) is 0 Å². The van der Waals surface area contributed by atoms with Crippen LogP contribution in [0.2, 0.25) is 0 Å². The molecule has 1 aliphatic rings. The Morgan fingerprint density at radius 3 is 2.55 bits per heavy atom. The van der Waals surface area contributed by atoms with Crippen molar-refractivity contribution in [3.63, 3.8) is 0 Å². The van der Waals surface area contributed by atoms with E-state index in [1.165, 1.54) is 0 Å². The number of ether oxygens (including phenoxy) is 2. The summed E-state index contributed by atoms with van der Waals surface area (Å²) in [5.41, 5.74) is 1.64. The molecular formula is C17H16O3. The van der Waals surface area contributed by atoms with Gasteiger partial charge in [0.25, 0.3) is 0 Å². The van der Waals surface area contributed by atoms with Crippen molar-refractivity contribution in [3.8, 4) is 5.75 Å². The lowest BCUT2D eigenvalue weighted by molar-refractivity contribution is 0.0953. The minimum Gasteiger partial charge on any atom is -0.493 e. The standard InChI is InChI=1S/C17H16O3/c1-2-19-14-11-7-6-10-13(14)16-17(20-16)15(18)12-8-4-3-5-9-12/h3-11,16-17H,2H2,1H3/t16-,17-/m1/s1. The average Bonchev–Trinajstić information content (AvgIpc) is 3.29. The van der Waals surface area contributed by atoms with Gasteiger partial charge in [-0.3, -0.25) is 4.79 Å². The van der Waals surface area contributed by atoms with Gasteiger partial charge in [-0.2, -0.15) is 0 Å². The molecule has 0 spiro atoms. The third kappa shape index (κ3) is 2.45. The summed E-state index contributed by atoms with van der Waals surface area (Å²) in [6, 6.07) is 17.0. The molecule has 2 atom stereocenters. The van der Waals surface area contributed by atoms with Crippen LogP contribution in [0.15, 0.2) is 54.6 Å². The molecule has 0 N–H and O–H groups in total. The number of hydrogen-bond acceptors (Lipinski definition) is 3. The van der Waals surface area contributed by atoms with Crippen LogP contribution in [0.4, 0.5) is 0 Å². The molecule has 1 saturated heterocycles. The fraction of sp³-hybridized carbons (Fsp3) is 0.235. The van der Waals surface area contributed by atoms with E-state index in [1.807, 2.05) is 61.5 Å². The second-order valence-electron chi connectivity index (χ2n) is 4.68. The molecule has 2 aromatic carbocycles. The summed E-state index contributed by atoms with van der Waals surface area (Å²) >= 11 is 0. The molecule has 1 heterocycles.